The quantitative estimate of drug-likeness (QED) is 0.581. The largest absolute Gasteiger partial charge is 0.454 e. The number of hydrogen-bond donors (Lipinski definition) is 3. The number of carbonyl (C=O) groups is 1. The van der Waals surface area contributed by atoms with Crippen LogP contribution < -0.4 is 0 Å². The number of ether oxygens (including phenoxy) is 1. The molecule has 4 aliphatic rings. The van der Waals surface area contributed by atoms with Crippen LogP contribution in [0.4, 0.5) is 0 Å². The number of rotatable bonds is 0. The molecule has 5 heteroatoms. The van der Waals surface area contributed by atoms with Crippen LogP contribution in [0.1, 0.15) is 59.8 Å². The molecule has 7 atom stereocenters. The molecule has 0 aromatic heterocycles. The predicted octanol–water partition coefficient (Wildman–Crippen LogP) is 1.94. The Hall–Kier alpha value is -0.910. The van der Waals surface area contributed by atoms with E-state index in [4.69, 9.17) is 4.74 Å². The van der Waals surface area contributed by atoms with Gasteiger partial charge in [0.25, 0.3) is 0 Å². The third-order valence-corrected chi connectivity index (χ3v) is 8.30. The maximum absolute atomic E-state index is 12.0. The second-order valence-corrected chi connectivity index (χ2v) is 9.63. The zero-order valence-corrected chi connectivity index (χ0v) is 15.6. The minimum atomic E-state index is -1.22. The van der Waals surface area contributed by atoms with E-state index in [0.717, 1.165) is 12.8 Å². The van der Waals surface area contributed by atoms with Crippen molar-refractivity contribution in [3.8, 4) is 0 Å². The molecule has 0 amide bonds. The van der Waals surface area contributed by atoms with Gasteiger partial charge in [-0.05, 0) is 55.8 Å². The molecule has 5 nitrogen and oxygen atoms in total. The molecule has 0 bridgehead atoms. The Kier molecular flexibility index (Phi) is 3.56. The van der Waals surface area contributed by atoms with Crippen LogP contribution in [0.5, 0.6) is 0 Å². The molecule has 0 radical (unpaired) electrons. The topological polar surface area (TPSA) is 87.0 Å². The van der Waals surface area contributed by atoms with Gasteiger partial charge >= 0.3 is 5.97 Å². The maximum atomic E-state index is 12.0. The maximum Gasteiger partial charge on any atom is 0.334 e. The van der Waals surface area contributed by atoms with E-state index in [2.05, 4.69) is 20.8 Å². The summed E-state index contributed by atoms with van der Waals surface area (Å²) >= 11 is 0. The van der Waals surface area contributed by atoms with Crippen molar-refractivity contribution >= 4 is 5.97 Å². The van der Waals surface area contributed by atoms with Crippen LogP contribution in [-0.4, -0.2) is 45.2 Å². The Bertz CT molecular complexity index is 652. The molecule has 7 unspecified atom stereocenters. The fourth-order valence-corrected chi connectivity index (χ4v) is 6.80. The van der Waals surface area contributed by atoms with Crippen LogP contribution in [0.25, 0.3) is 0 Å². The van der Waals surface area contributed by atoms with Gasteiger partial charge in [0.15, 0.2) is 0 Å². The van der Waals surface area contributed by atoms with Gasteiger partial charge in [-0.3, -0.25) is 0 Å². The molecular weight excluding hydrogens is 320 g/mol. The third kappa shape index (κ3) is 2.03. The minimum Gasteiger partial charge on any atom is -0.454 e. The number of fused-ring (bicyclic) bond motifs is 4. The van der Waals surface area contributed by atoms with Gasteiger partial charge in [-0.25, -0.2) is 4.79 Å². The lowest BCUT2D eigenvalue weighted by Gasteiger charge is -2.65. The van der Waals surface area contributed by atoms with E-state index >= 15 is 0 Å². The predicted molar refractivity (Wildman–Crippen MR) is 91.5 cm³/mol. The van der Waals surface area contributed by atoms with Gasteiger partial charge in [-0.15, -0.1) is 0 Å². The van der Waals surface area contributed by atoms with Crippen molar-refractivity contribution in [2.75, 3.05) is 0 Å². The van der Waals surface area contributed by atoms with E-state index in [-0.39, 0.29) is 34.7 Å². The molecule has 25 heavy (non-hydrogen) atoms. The van der Waals surface area contributed by atoms with E-state index in [1.54, 1.807) is 6.92 Å². The molecule has 140 valence electrons. The summed E-state index contributed by atoms with van der Waals surface area (Å²) in [5, 5.41) is 33.1. The van der Waals surface area contributed by atoms with Gasteiger partial charge in [0.2, 0.25) is 0 Å². The first-order valence-electron chi connectivity index (χ1n) is 9.53. The Morgan fingerprint density at radius 3 is 2.44 bits per heavy atom. The van der Waals surface area contributed by atoms with Crippen LogP contribution in [0, 0.1) is 22.7 Å². The lowest BCUT2D eigenvalue weighted by molar-refractivity contribution is -0.240. The van der Waals surface area contributed by atoms with Crippen molar-refractivity contribution in [2.24, 2.45) is 22.7 Å². The SMILES string of the molecule is CC1=C2C(CC3C4(C)CCC(O)C(C)(C)C4CCC3(O)C2O)OC1=O. The van der Waals surface area contributed by atoms with E-state index < -0.39 is 17.8 Å². The average Bonchev–Trinajstić information content (AvgIpc) is 2.81. The summed E-state index contributed by atoms with van der Waals surface area (Å²) in [5.74, 6) is -0.250. The normalized spacial score (nSPS) is 51.5. The summed E-state index contributed by atoms with van der Waals surface area (Å²) < 4.78 is 5.51. The van der Waals surface area contributed by atoms with Gasteiger partial charge < -0.3 is 20.1 Å². The average molecular weight is 350 g/mol. The fraction of sp³-hybridized carbons (Fsp3) is 0.850. The third-order valence-electron chi connectivity index (χ3n) is 8.30. The Labute approximate surface area is 149 Å². The van der Waals surface area contributed by atoms with Crippen LogP contribution >= 0.6 is 0 Å². The first-order valence-corrected chi connectivity index (χ1v) is 9.53. The number of esters is 1. The minimum absolute atomic E-state index is 0.145. The highest BCUT2D eigenvalue weighted by Crippen LogP contribution is 2.65. The summed E-state index contributed by atoms with van der Waals surface area (Å²) in [6, 6.07) is 0. The lowest BCUT2D eigenvalue weighted by atomic mass is 9.42. The second-order valence-electron chi connectivity index (χ2n) is 9.63. The van der Waals surface area contributed by atoms with Crippen molar-refractivity contribution in [1.82, 2.24) is 0 Å². The van der Waals surface area contributed by atoms with Gasteiger partial charge in [-0.2, -0.15) is 0 Å². The van der Waals surface area contributed by atoms with Crippen LogP contribution in [0.15, 0.2) is 11.1 Å². The molecule has 3 aliphatic carbocycles. The summed E-state index contributed by atoms with van der Waals surface area (Å²) in [6.45, 7) is 8.12. The molecule has 4 rings (SSSR count). The van der Waals surface area contributed by atoms with Gasteiger partial charge in [0.1, 0.15) is 12.2 Å². The number of aliphatic hydroxyl groups is 3. The molecule has 0 aromatic rings. The monoisotopic (exact) mass is 350 g/mol. The van der Waals surface area contributed by atoms with Gasteiger partial charge in [-0.1, -0.05) is 20.8 Å². The van der Waals surface area contributed by atoms with Crippen LogP contribution in [-0.2, 0) is 9.53 Å². The highest BCUT2D eigenvalue weighted by atomic mass is 16.5. The highest BCUT2D eigenvalue weighted by molar-refractivity contribution is 5.92. The smallest absolute Gasteiger partial charge is 0.334 e. The molecule has 1 heterocycles. The molecular formula is C20H30O5. The standard InChI is InChI=1S/C20H30O5/c1-10-15-11(25-17(10)23)9-13-19(4)7-6-14(21)18(2,3)12(19)5-8-20(13,24)16(15)22/h11-14,16,21-22,24H,5-9H2,1-4H3. The zero-order chi connectivity index (χ0) is 18.4. The summed E-state index contributed by atoms with van der Waals surface area (Å²) in [6.07, 6.45) is 1.55. The molecule has 0 spiro atoms. The molecule has 1 aliphatic heterocycles. The second kappa shape index (κ2) is 5.08. The Morgan fingerprint density at radius 1 is 1.08 bits per heavy atom. The Balaban J connectivity index is 1.78. The van der Waals surface area contributed by atoms with Crippen LogP contribution in [0.2, 0.25) is 0 Å². The van der Waals surface area contributed by atoms with E-state index in [1.807, 2.05) is 0 Å². The number of aliphatic hydroxyl groups excluding tert-OH is 2. The van der Waals surface area contributed by atoms with E-state index in [0.29, 0.717) is 30.4 Å². The molecule has 0 saturated heterocycles. The van der Waals surface area contributed by atoms with Crippen molar-refractivity contribution in [2.45, 2.75) is 83.7 Å². The number of hydrogen-bond acceptors (Lipinski definition) is 5. The van der Waals surface area contributed by atoms with E-state index in [1.165, 1.54) is 0 Å². The van der Waals surface area contributed by atoms with Crippen LogP contribution in [0.3, 0.4) is 0 Å². The molecule has 3 saturated carbocycles. The fourth-order valence-electron chi connectivity index (χ4n) is 6.80. The molecule has 0 aromatic carbocycles. The van der Waals surface area contributed by atoms with Gasteiger partial charge in [0.05, 0.1) is 11.7 Å². The van der Waals surface area contributed by atoms with Crippen molar-refractivity contribution in [3.63, 3.8) is 0 Å². The van der Waals surface area contributed by atoms with Gasteiger partial charge in [0, 0.05) is 17.1 Å². The molecule has 3 fully saturated rings. The summed E-state index contributed by atoms with van der Waals surface area (Å²) in [7, 11) is 0. The summed E-state index contributed by atoms with van der Waals surface area (Å²) in [4.78, 5) is 12.0. The molecule has 3 N–H and O–H groups in total. The Morgan fingerprint density at radius 2 is 1.76 bits per heavy atom. The lowest BCUT2D eigenvalue weighted by Crippen LogP contribution is -2.67. The van der Waals surface area contributed by atoms with Crippen molar-refractivity contribution in [1.29, 1.82) is 0 Å². The van der Waals surface area contributed by atoms with E-state index in [9.17, 15) is 20.1 Å². The first-order chi connectivity index (χ1) is 11.5. The van der Waals surface area contributed by atoms with Crippen molar-refractivity contribution in [3.05, 3.63) is 11.1 Å². The highest BCUT2D eigenvalue weighted by Gasteiger charge is 2.66. The first kappa shape index (κ1) is 17.5. The zero-order valence-electron chi connectivity index (χ0n) is 15.6. The number of carbonyl (C=O) groups excluding carboxylic acids is 1. The van der Waals surface area contributed by atoms with Crippen molar-refractivity contribution < 1.29 is 24.9 Å². The summed E-state index contributed by atoms with van der Waals surface area (Å²) in [5.41, 5.74) is -0.593.